The number of ketones is 1. The zero-order valence-electron chi connectivity index (χ0n) is 22.0. The molecule has 6 heteroatoms. The van der Waals surface area contributed by atoms with Crippen molar-refractivity contribution in [1.82, 2.24) is 5.32 Å². The molecule has 0 radical (unpaired) electrons. The molecule has 5 rings (SSSR count). The number of hydrogen-bond donors (Lipinski definition) is 4. The number of benzene rings is 1. The van der Waals surface area contributed by atoms with E-state index in [1.165, 1.54) is 0 Å². The Bertz CT molecular complexity index is 1190. The molecule has 190 valence electrons. The average molecular weight is 481 g/mol. The maximum absolute atomic E-state index is 13.5. The van der Waals surface area contributed by atoms with Crippen LogP contribution in [0.3, 0.4) is 0 Å². The molecule has 0 aliphatic heterocycles. The summed E-state index contributed by atoms with van der Waals surface area (Å²) >= 11 is 0. The van der Waals surface area contributed by atoms with Crippen LogP contribution in [0.4, 0.5) is 4.79 Å². The molecule has 1 aromatic rings. The van der Waals surface area contributed by atoms with E-state index in [9.17, 15) is 19.8 Å². The van der Waals surface area contributed by atoms with Gasteiger partial charge in [-0.2, -0.15) is 0 Å². The maximum atomic E-state index is 13.5. The Morgan fingerprint density at radius 2 is 1.69 bits per heavy atom. The lowest BCUT2D eigenvalue weighted by molar-refractivity contribution is -0.149. The van der Waals surface area contributed by atoms with Gasteiger partial charge in [-0.05, 0) is 104 Å². The summed E-state index contributed by atoms with van der Waals surface area (Å²) in [5.74, 6) is -0.0766. The van der Waals surface area contributed by atoms with Gasteiger partial charge in [0.15, 0.2) is 17.3 Å². The minimum Gasteiger partial charge on any atom is -0.504 e. The molecule has 5 N–H and O–H groups in total. The number of allylic oxidation sites excluding steroid dienone is 2. The van der Waals surface area contributed by atoms with E-state index < -0.39 is 6.03 Å². The second kappa shape index (κ2) is 7.04. The molecule has 0 unspecified atom stereocenters. The minimum absolute atomic E-state index is 0.0574. The average Bonchev–Trinajstić information content (AvgIpc) is 2.76. The first-order valence-corrected chi connectivity index (χ1v) is 13.0. The number of aromatic hydroxyl groups is 2. The van der Waals surface area contributed by atoms with E-state index in [1.54, 1.807) is 13.0 Å². The van der Waals surface area contributed by atoms with Crippen LogP contribution in [0.5, 0.6) is 11.5 Å². The number of carbonyl (C=O) groups is 2. The van der Waals surface area contributed by atoms with Gasteiger partial charge in [-0.15, -0.1) is 0 Å². The second-order valence-electron chi connectivity index (χ2n) is 13.3. The Labute approximate surface area is 208 Å². The van der Waals surface area contributed by atoms with Gasteiger partial charge in [-0.1, -0.05) is 27.7 Å². The van der Waals surface area contributed by atoms with Crippen LogP contribution < -0.4 is 11.1 Å². The van der Waals surface area contributed by atoms with Crippen molar-refractivity contribution in [2.75, 3.05) is 0 Å². The largest absolute Gasteiger partial charge is 0.504 e. The summed E-state index contributed by atoms with van der Waals surface area (Å²) in [4.78, 5) is 25.4. The molecule has 6 atom stereocenters. The number of rotatable bonds is 1. The summed E-state index contributed by atoms with van der Waals surface area (Å²) in [5, 5.41) is 23.9. The molecule has 0 bridgehead atoms. The number of nitrogens with two attached hydrogens (primary N) is 1. The number of primary amides is 1. The monoisotopic (exact) mass is 480 g/mol. The van der Waals surface area contributed by atoms with Gasteiger partial charge in [-0.3, -0.25) is 4.79 Å². The summed E-state index contributed by atoms with van der Waals surface area (Å²) in [6.45, 7) is 13.2. The first kappa shape index (κ1) is 24.2. The van der Waals surface area contributed by atoms with Crippen LogP contribution in [-0.4, -0.2) is 27.6 Å². The number of hydrogen-bond acceptors (Lipinski definition) is 4. The predicted molar refractivity (Wildman–Crippen MR) is 136 cm³/mol. The molecule has 0 saturated heterocycles. The molecule has 6 nitrogen and oxygen atoms in total. The number of nitrogens with one attached hydrogen (secondary N) is 1. The first-order valence-electron chi connectivity index (χ1n) is 13.0. The second-order valence-corrected chi connectivity index (χ2v) is 13.3. The lowest BCUT2D eigenvalue weighted by atomic mass is 9.35. The van der Waals surface area contributed by atoms with Crippen molar-refractivity contribution in [2.24, 2.45) is 27.9 Å². The Morgan fingerprint density at radius 3 is 2.34 bits per heavy atom. The molecule has 4 aliphatic carbocycles. The van der Waals surface area contributed by atoms with Gasteiger partial charge in [0.05, 0.1) is 0 Å². The highest BCUT2D eigenvalue weighted by atomic mass is 16.3. The Morgan fingerprint density at radius 1 is 1.03 bits per heavy atom. The van der Waals surface area contributed by atoms with E-state index in [0.717, 1.165) is 56.1 Å². The third kappa shape index (κ3) is 3.01. The molecule has 3 fully saturated rings. The minimum atomic E-state index is -0.466. The Hall–Kier alpha value is -2.50. The normalized spacial score (nSPS) is 42.2. The molecule has 1 aromatic carbocycles. The molecule has 0 heterocycles. The zero-order chi connectivity index (χ0) is 25.8. The fourth-order valence-corrected chi connectivity index (χ4v) is 8.93. The van der Waals surface area contributed by atoms with Crippen molar-refractivity contribution >= 4 is 11.8 Å². The lowest BCUT2D eigenvalue weighted by Gasteiger charge is -2.70. The SMILES string of the molecule is Cc1c(O)c(O)cc2c1C(=O)C=C1[C@@]2(C)CC[C@@]2(C)[C@@H]3C[C@](C)(NC(N)=O)CC[C@]3(C)CC[C@]12C. The van der Waals surface area contributed by atoms with Crippen molar-refractivity contribution in [3.8, 4) is 11.5 Å². The molecule has 2 amide bonds. The number of urea groups is 1. The van der Waals surface area contributed by atoms with Crippen LogP contribution in [0.1, 0.15) is 101 Å². The topological polar surface area (TPSA) is 113 Å². The molecule has 3 saturated carbocycles. The van der Waals surface area contributed by atoms with Gasteiger partial charge in [-0.25, -0.2) is 4.79 Å². The summed E-state index contributed by atoms with van der Waals surface area (Å²) in [5.41, 5.74) is 7.77. The van der Waals surface area contributed by atoms with Crippen molar-refractivity contribution in [3.05, 3.63) is 34.4 Å². The van der Waals surface area contributed by atoms with E-state index in [0.29, 0.717) is 17.0 Å². The lowest BCUT2D eigenvalue weighted by Crippen LogP contribution is -2.65. The summed E-state index contributed by atoms with van der Waals surface area (Å²) in [6.07, 6.45) is 8.62. The Kier molecular flexibility index (Phi) is 4.87. The smallest absolute Gasteiger partial charge is 0.312 e. The maximum Gasteiger partial charge on any atom is 0.312 e. The van der Waals surface area contributed by atoms with Crippen molar-refractivity contribution in [3.63, 3.8) is 0 Å². The van der Waals surface area contributed by atoms with Crippen LogP contribution in [0.2, 0.25) is 0 Å². The standard InChI is InChI=1S/C29H40N2O4/c1-16-22-17(13-19(33)23(16)34)27(4)10-12-29(6)21-15-26(3,31-24(30)35)9-7-25(21,2)8-11-28(29,5)20(27)14-18(22)32/h13-14,21,33-34H,7-12,15H2,1-6H3,(H3,30,31,35)/t21-,25-,26-,27+,28-,29+/m1/s1. The first-order chi connectivity index (χ1) is 16.1. The molecular weight excluding hydrogens is 440 g/mol. The van der Waals surface area contributed by atoms with Crippen molar-refractivity contribution in [1.29, 1.82) is 0 Å². The van der Waals surface area contributed by atoms with Crippen LogP contribution >= 0.6 is 0 Å². The van der Waals surface area contributed by atoms with Crippen LogP contribution in [0.15, 0.2) is 17.7 Å². The van der Waals surface area contributed by atoms with Gasteiger partial charge in [0.2, 0.25) is 0 Å². The highest BCUT2D eigenvalue weighted by Gasteiger charge is 2.67. The van der Waals surface area contributed by atoms with E-state index in [1.807, 2.05) is 6.08 Å². The number of fused-ring (bicyclic) bond motifs is 7. The number of carbonyl (C=O) groups excluding carboxylic acids is 2. The van der Waals surface area contributed by atoms with Crippen LogP contribution in [0, 0.1) is 29.1 Å². The highest BCUT2D eigenvalue weighted by molar-refractivity contribution is 6.10. The third-order valence-corrected chi connectivity index (χ3v) is 11.4. The number of amides is 2. The van der Waals surface area contributed by atoms with E-state index in [4.69, 9.17) is 5.73 Å². The van der Waals surface area contributed by atoms with E-state index in [2.05, 4.69) is 39.9 Å². The molecule has 35 heavy (non-hydrogen) atoms. The summed E-state index contributed by atoms with van der Waals surface area (Å²) in [6, 6.07) is 1.15. The van der Waals surface area contributed by atoms with Crippen molar-refractivity contribution < 1.29 is 19.8 Å². The van der Waals surface area contributed by atoms with Gasteiger partial charge >= 0.3 is 6.03 Å². The quantitative estimate of drug-likeness (QED) is 0.391. The van der Waals surface area contributed by atoms with Gasteiger partial charge in [0, 0.05) is 22.1 Å². The summed E-state index contributed by atoms with van der Waals surface area (Å²) < 4.78 is 0. The van der Waals surface area contributed by atoms with Crippen LogP contribution in [-0.2, 0) is 5.41 Å². The van der Waals surface area contributed by atoms with Crippen LogP contribution in [0.25, 0.3) is 0 Å². The van der Waals surface area contributed by atoms with Gasteiger partial charge in [0.1, 0.15) is 0 Å². The van der Waals surface area contributed by atoms with E-state index in [-0.39, 0.29) is 44.5 Å². The number of phenols is 2. The number of phenolic OH excluding ortho intramolecular Hbond substituents is 2. The summed E-state index contributed by atoms with van der Waals surface area (Å²) in [7, 11) is 0. The van der Waals surface area contributed by atoms with E-state index >= 15 is 0 Å². The third-order valence-electron chi connectivity index (χ3n) is 11.4. The Balaban J connectivity index is 1.64. The molecule has 0 spiro atoms. The van der Waals surface area contributed by atoms with Gasteiger partial charge < -0.3 is 21.3 Å². The van der Waals surface area contributed by atoms with Crippen molar-refractivity contribution in [2.45, 2.75) is 97.4 Å². The fraction of sp³-hybridized carbons (Fsp3) is 0.655. The molecule has 4 aliphatic rings. The zero-order valence-corrected chi connectivity index (χ0v) is 22.0. The highest BCUT2D eigenvalue weighted by Crippen LogP contribution is 2.74. The molecule has 0 aromatic heterocycles. The molecular formula is C29H40N2O4. The van der Waals surface area contributed by atoms with Gasteiger partial charge in [0.25, 0.3) is 0 Å². The fourth-order valence-electron chi connectivity index (χ4n) is 8.93. The predicted octanol–water partition coefficient (Wildman–Crippen LogP) is 5.62.